The van der Waals surface area contributed by atoms with Crippen molar-refractivity contribution in [1.82, 2.24) is 0 Å². The van der Waals surface area contributed by atoms with Gasteiger partial charge in [-0.05, 0) is 5.56 Å². The molecule has 1 aromatic carbocycles. The van der Waals surface area contributed by atoms with E-state index in [1.165, 1.54) is 12.1 Å². The number of hydrogen-bond acceptors (Lipinski definition) is 2. The Balaban J connectivity index is 2.73. The third-order valence-corrected chi connectivity index (χ3v) is 1.93. The fraction of sp³-hybridized carbons (Fsp3) is 0.222. The summed E-state index contributed by atoms with van der Waals surface area (Å²) in [6.45, 7) is 0. The Morgan fingerprint density at radius 3 is 2.43 bits per heavy atom. The van der Waals surface area contributed by atoms with E-state index in [1.54, 1.807) is 18.2 Å². The Kier molecular flexibility index (Phi) is 3.57. The molecule has 0 saturated carbocycles. The molecule has 76 valence electrons. The maximum absolute atomic E-state index is 13.0. The van der Waals surface area contributed by atoms with Crippen LogP contribution in [0.5, 0.6) is 0 Å². The Hall–Kier alpha value is -0.970. The van der Waals surface area contributed by atoms with E-state index in [4.69, 9.17) is 0 Å². The van der Waals surface area contributed by atoms with Crippen LogP contribution in [0.15, 0.2) is 30.3 Å². The molecule has 1 rings (SSSR count). The lowest BCUT2D eigenvalue weighted by molar-refractivity contribution is -0.159. The SMILES string of the molecule is O=C(OBr)C(F)(F)Cc1ccccc1. The minimum atomic E-state index is -3.50. The predicted molar refractivity (Wildman–Crippen MR) is 50.1 cm³/mol. The van der Waals surface area contributed by atoms with Crippen molar-refractivity contribution in [3.63, 3.8) is 0 Å². The van der Waals surface area contributed by atoms with Gasteiger partial charge in [-0.3, -0.25) is 0 Å². The highest BCUT2D eigenvalue weighted by molar-refractivity contribution is 9.06. The van der Waals surface area contributed by atoms with E-state index in [0.29, 0.717) is 5.56 Å². The van der Waals surface area contributed by atoms with Crippen molar-refractivity contribution in [3.8, 4) is 0 Å². The van der Waals surface area contributed by atoms with E-state index in [2.05, 4.69) is 20.1 Å². The standard InChI is InChI=1S/C9H7BrF2O2/c10-14-8(13)9(11,12)6-7-4-2-1-3-5-7/h1-5H,6H2. The van der Waals surface area contributed by atoms with Crippen molar-refractivity contribution in [2.24, 2.45) is 0 Å². The quantitative estimate of drug-likeness (QED) is 0.839. The van der Waals surface area contributed by atoms with Crippen LogP contribution in [0.4, 0.5) is 8.78 Å². The number of rotatable bonds is 3. The summed E-state index contributed by atoms with van der Waals surface area (Å²) in [7, 11) is 0. The number of hydrogen-bond donors (Lipinski definition) is 0. The van der Waals surface area contributed by atoms with E-state index >= 15 is 0 Å². The van der Waals surface area contributed by atoms with Gasteiger partial charge >= 0.3 is 11.9 Å². The van der Waals surface area contributed by atoms with E-state index < -0.39 is 18.3 Å². The summed E-state index contributed by atoms with van der Waals surface area (Å²) in [4.78, 5) is 10.6. The van der Waals surface area contributed by atoms with E-state index in [1.807, 2.05) is 0 Å². The number of carbonyl (C=O) groups is 1. The highest BCUT2D eigenvalue weighted by atomic mass is 79.9. The van der Waals surface area contributed by atoms with Crippen LogP contribution in [0.1, 0.15) is 5.56 Å². The van der Waals surface area contributed by atoms with Gasteiger partial charge in [0.1, 0.15) is 0 Å². The van der Waals surface area contributed by atoms with Crippen LogP contribution in [-0.2, 0) is 15.0 Å². The van der Waals surface area contributed by atoms with Crippen LogP contribution < -0.4 is 0 Å². The molecular weight excluding hydrogens is 258 g/mol. The molecule has 0 fully saturated rings. The lowest BCUT2D eigenvalue weighted by Crippen LogP contribution is -2.31. The van der Waals surface area contributed by atoms with Gasteiger partial charge in [0.2, 0.25) is 0 Å². The van der Waals surface area contributed by atoms with Gasteiger partial charge in [-0.1, -0.05) is 30.3 Å². The molecule has 0 aliphatic rings. The summed E-state index contributed by atoms with van der Waals surface area (Å²) in [6, 6.07) is 8.02. The Bertz CT molecular complexity index is 314. The molecule has 5 heteroatoms. The number of carbonyl (C=O) groups excluding carboxylic acids is 1. The normalized spacial score (nSPS) is 11.1. The molecule has 0 N–H and O–H groups in total. The van der Waals surface area contributed by atoms with Crippen molar-refractivity contribution in [2.45, 2.75) is 12.3 Å². The number of alkyl halides is 2. The second-order valence-electron chi connectivity index (χ2n) is 2.73. The second kappa shape index (κ2) is 4.50. The third kappa shape index (κ3) is 2.77. The van der Waals surface area contributed by atoms with E-state index in [9.17, 15) is 13.6 Å². The lowest BCUT2D eigenvalue weighted by Gasteiger charge is -2.11. The maximum Gasteiger partial charge on any atom is 0.388 e. The zero-order valence-electron chi connectivity index (χ0n) is 7.04. The molecule has 0 aromatic heterocycles. The molecule has 0 spiro atoms. The monoisotopic (exact) mass is 264 g/mol. The zero-order chi connectivity index (χ0) is 10.6. The van der Waals surface area contributed by atoms with Crippen molar-refractivity contribution in [2.75, 3.05) is 0 Å². The first-order chi connectivity index (χ1) is 6.56. The molecule has 0 aliphatic heterocycles. The highest BCUT2D eigenvalue weighted by Gasteiger charge is 2.40. The topological polar surface area (TPSA) is 26.3 Å². The molecule has 0 saturated heterocycles. The van der Waals surface area contributed by atoms with Gasteiger partial charge in [-0.15, -0.1) is 0 Å². The molecule has 14 heavy (non-hydrogen) atoms. The van der Waals surface area contributed by atoms with Gasteiger partial charge in [0.05, 0.1) is 0 Å². The summed E-state index contributed by atoms with van der Waals surface area (Å²) < 4.78 is 29.8. The van der Waals surface area contributed by atoms with Gasteiger partial charge in [0, 0.05) is 6.42 Å². The fourth-order valence-electron chi connectivity index (χ4n) is 0.981. The van der Waals surface area contributed by atoms with Gasteiger partial charge in [-0.2, -0.15) is 8.78 Å². The molecule has 0 heterocycles. The van der Waals surface area contributed by atoms with Crippen molar-refractivity contribution in [3.05, 3.63) is 35.9 Å². The number of halogens is 3. The zero-order valence-corrected chi connectivity index (χ0v) is 8.63. The Morgan fingerprint density at radius 1 is 1.36 bits per heavy atom. The van der Waals surface area contributed by atoms with Gasteiger partial charge in [0.15, 0.2) is 16.3 Å². The van der Waals surface area contributed by atoms with Crippen LogP contribution in [0.3, 0.4) is 0 Å². The van der Waals surface area contributed by atoms with Crippen molar-refractivity contribution in [1.29, 1.82) is 0 Å². The van der Waals surface area contributed by atoms with Crippen LogP contribution in [0.25, 0.3) is 0 Å². The first-order valence-electron chi connectivity index (χ1n) is 3.81. The van der Waals surface area contributed by atoms with Crippen molar-refractivity contribution < 1.29 is 17.4 Å². The second-order valence-corrected chi connectivity index (χ2v) is 3.06. The highest BCUT2D eigenvalue weighted by Crippen LogP contribution is 2.22. The van der Waals surface area contributed by atoms with Gasteiger partial charge in [0.25, 0.3) is 0 Å². The Labute approximate surface area is 88.3 Å². The van der Waals surface area contributed by atoms with Crippen LogP contribution >= 0.6 is 16.3 Å². The van der Waals surface area contributed by atoms with Crippen LogP contribution in [-0.4, -0.2) is 11.9 Å². The lowest BCUT2D eigenvalue weighted by atomic mass is 10.1. The van der Waals surface area contributed by atoms with Gasteiger partial charge < -0.3 is 3.83 Å². The van der Waals surface area contributed by atoms with Crippen LogP contribution in [0, 0.1) is 0 Å². The summed E-state index contributed by atoms with van der Waals surface area (Å²) in [5, 5.41) is 0. The average molecular weight is 265 g/mol. The summed E-state index contributed by atoms with van der Waals surface area (Å²) in [5.74, 6) is -5.08. The van der Waals surface area contributed by atoms with E-state index in [-0.39, 0.29) is 0 Å². The molecule has 0 aliphatic carbocycles. The first-order valence-corrected chi connectivity index (χ1v) is 4.46. The summed E-state index contributed by atoms with van der Waals surface area (Å²) in [6.07, 6.45) is -0.654. The molecule has 1 aromatic rings. The minimum absolute atomic E-state index is 0.385. The number of benzene rings is 1. The molecule has 2 nitrogen and oxygen atoms in total. The first kappa shape index (κ1) is 11.1. The minimum Gasteiger partial charge on any atom is -0.379 e. The van der Waals surface area contributed by atoms with Crippen LogP contribution in [0.2, 0.25) is 0 Å². The fourth-order valence-corrected chi connectivity index (χ4v) is 1.22. The predicted octanol–water partition coefficient (Wildman–Crippen LogP) is 2.72. The Morgan fingerprint density at radius 2 is 1.93 bits per heavy atom. The molecule has 0 atom stereocenters. The maximum atomic E-state index is 13.0. The largest absolute Gasteiger partial charge is 0.388 e. The molecule has 0 unspecified atom stereocenters. The third-order valence-electron chi connectivity index (χ3n) is 1.64. The smallest absolute Gasteiger partial charge is 0.379 e. The van der Waals surface area contributed by atoms with Crippen molar-refractivity contribution >= 4 is 22.2 Å². The molecular formula is C9H7BrF2O2. The average Bonchev–Trinajstić information content (AvgIpc) is 2.17. The van der Waals surface area contributed by atoms with Gasteiger partial charge in [-0.25, -0.2) is 4.79 Å². The summed E-state index contributed by atoms with van der Waals surface area (Å²) >= 11 is 2.23. The molecule has 0 amide bonds. The summed E-state index contributed by atoms with van der Waals surface area (Å²) in [5.41, 5.74) is 0.385. The molecule has 0 radical (unpaired) electrons. The molecule has 0 bridgehead atoms. The van der Waals surface area contributed by atoms with E-state index in [0.717, 1.165) is 0 Å².